The average molecular weight is 293 g/mol. The molecule has 0 bridgehead atoms. The molecule has 0 fully saturated rings. The Kier molecular flexibility index (Phi) is 8.47. The second kappa shape index (κ2) is 10.2. The monoisotopic (exact) mass is 293 g/mol. The second-order valence-electron chi connectivity index (χ2n) is 5.33. The van der Waals surface area contributed by atoms with Gasteiger partial charge in [0.2, 0.25) is 0 Å². The number of aliphatic imine (C=N–C) groups is 1. The normalized spacial score (nSPS) is 14.7. The van der Waals surface area contributed by atoms with E-state index < -0.39 is 0 Å². The summed E-state index contributed by atoms with van der Waals surface area (Å²) in [6.07, 6.45) is 0. The van der Waals surface area contributed by atoms with Crippen molar-refractivity contribution in [2.45, 2.75) is 26.5 Å². The maximum Gasteiger partial charge on any atom is 0.188 e. The lowest BCUT2D eigenvalue weighted by atomic mass is 10.2. The molecular weight excluding hydrogens is 266 g/mol. The van der Waals surface area contributed by atoms with Crippen molar-refractivity contribution in [2.75, 3.05) is 26.9 Å². The summed E-state index contributed by atoms with van der Waals surface area (Å²) in [7, 11) is 1.66. The van der Waals surface area contributed by atoms with Crippen LogP contribution in [-0.4, -0.2) is 38.9 Å². The Morgan fingerprint density at radius 3 is 2.62 bits per heavy atom. The van der Waals surface area contributed by atoms with E-state index >= 15 is 0 Å². The molecule has 2 atom stereocenters. The highest BCUT2D eigenvalue weighted by Crippen LogP contribution is 2.03. The zero-order chi connectivity index (χ0) is 15.5. The molecule has 1 rings (SSSR count). The summed E-state index contributed by atoms with van der Waals surface area (Å²) in [4.78, 5) is 4.32. The number of methoxy groups -OCH3 is 1. The van der Waals surface area contributed by atoms with Crippen molar-refractivity contribution < 1.29 is 9.47 Å². The molecule has 3 N–H and O–H groups in total. The summed E-state index contributed by atoms with van der Waals surface area (Å²) in [5.41, 5.74) is 7.00. The van der Waals surface area contributed by atoms with Crippen molar-refractivity contribution in [2.24, 2.45) is 16.6 Å². The number of rotatable bonds is 9. The molecule has 0 amide bonds. The maximum absolute atomic E-state index is 5.82. The second-order valence-corrected chi connectivity index (χ2v) is 5.33. The van der Waals surface area contributed by atoms with Gasteiger partial charge in [0.1, 0.15) is 0 Å². The third-order valence-corrected chi connectivity index (χ3v) is 2.90. The van der Waals surface area contributed by atoms with Crippen LogP contribution in [0.3, 0.4) is 0 Å². The van der Waals surface area contributed by atoms with Crippen molar-refractivity contribution in [3.8, 4) is 0 Å². The lowest BCUT2D eigenvalue weighted by Gasteiger charge is -2.14. The lowest BCUT2D eigenvalue weighted by molar-refractivity contribution is 0.0945. The number of nitrogens with zero attached hydrogens (tertiary/aromatic N) is 1. The van der Waals surface area contributed by atoms with Crippen molar-refractivity contribution in [3.05, 3.63) is 35.9 Å². The molecule has 2 unspecified atom stereocenters. The molecule has 0 aliphatic rings. The van der Waals surface area contributed by atoms with E-state index in [4.69, 9.17) is 15.2 Å². The molecule has 5 heteroatoms. The van der Waals surface area contributed by atoms with Gasteiger partial charge in [0.05, 0.1) is 19.8 Å². The zero-order valence-corrected chi connectivity index (χ0v) is 13.2. The van der Waals surface area contributed by atoms with Crippen LogP contribution in [0.1, 0.15) is 19.4 Å². The van der Waals surface area contributed by atoms with E-state index in [9.17, 15) is 0 Å². The lowest BCUT2D eigenvalue weighted by Crippen LogP contribution is -2.41. The first-order valence-electron chi connectivity index (χ1n) is 7.29. The van der Waals surface area contributed by atoms with Crippen molar-refractivity contribution in [1.82, 2.24) is 5.32 Å². The van der Waals surface area contributed by atoms with Crippen LogP contribution in [0.2, 0.25) is 0 Å². The van der Waals surface area contributed by atoms with Gasteiger partial charge in [-0.05, 0) is 18.4 Å². The van der Waals surface area contributed by atoms with Gasteiger partial charge in [-0.25, -0.2) is 0 Å². The van der Waals surface area contributed by atoms with E-state index in [1.165, 1.54) is 5.56 Å². The van der Waals surface area contributed by atoms with E-state index in [1.54, 1.807) is 7.11 Å². The average Bonchev–Trinajstić information content (AvgIpc) is 2.46. The molecule has 0 spiro atoms. The quantitative estimate of drug-likeness (QED) is 0.538. The number of ether oxygens (including phenoxy) is 2. The summed E-state index contributed by atoms with van der Waals surface area (Å²) < 4.78 is 10.7. The van der Waals surface area contributed by atoms with Gasteiger partial charge >= 0.3 is 0 Å². The van der Waals surface area contributed by atoms with Gasteiger partial charge in [0, 0.05) is 19.7 Å². The first kappa shape index (κ1) is 17.5. The van der Waals surface area contributed by atoms with Crippen LogP contribution in [0.4, 0.5) is 0 Å². The Morgan fingerprint density at radius 2 is 1.95 bits per heavy atom. The summed E-state index contributed by atoms with van der Waals surface area (Å²) in [6.45, 7) is 6.64. The van der Waals surface area contributed by atoms with Crippen molar-refractivity contribution in [3.63, 3.8) is 0 Å². The third-order valence-electron chi connectivity index (χ3n) is 2.90. The molecule has 1 aromatic rings. The van der Waals surface area contributed by atoms with Gasteiger partial charge < -0.3 is 20.5 Å². The van der Waals surface area contributed by atoms with E-state index in [0.717, 1.165) is 0 Å². The predicted octanol–water partition coefficient (Wildman–Crippen LogP) is 1.78. The molecule has 0 aliphatic heterocycles. The fourth-order valence-electron chi connectivity index (χ4n) is 1.85. The Bertz CT molecular complexity index is 409. The van der Waals surface area contributed by atoms with E-state index in [2.05, 4.69) is 29.4 Å². The number of nitrogens with two attached hydrogens (primary N) is 1. The van der Waals surface area contributed by atoms with E-state index in [0.29, 0.717) is 38.2 Å². The molecule has 0 saturated heterocycles. The highest BCUT2D eigenvalue weighted by atomic mass is 16.5. The minimum Gasteiger partial charge on any atom is -0.383 e. The molecule has 0 heterocycles. The van der Waals surface area contributed by atoms with Crippen LogP contribution in [0.15, 0.2) is 35.3 Å². The minimum absolute atomic E-state index is 0.156. The highest BCUT2D eigenvalue weighted by molar-refractivity contribution is 5.78. The molecule has 0 aromatic heterocycles. The van der Waals surface area contributed by atoms with Crippen LogP contribution in [0.25, 0.3) is 0 Å². The van der Waals surface area contributed by atoms with Crippen molar-refractivity contribution >= 4 is 5.96 Å². The molecule has 0 aliphatic carbocycles. The van der Waals surface area contributed by atoms with Gasteiger partial charge in [-0.3, -0.25) is 4.99 Å². The van der Waals surface area contributed by atoms with Gasteiger partial charge in [-0.1, -0.05) is 37.3 Å². The topological polar surface area (TPSA) is 68.9 Å². The summed E-state index contributed by atoms with van der Waals surface area (Å²) in [6, 6.07) is 10.3. The molecule has 1 aromatic carbocycles. The Morgan fingerprint density at radius 1 is 1.24 bits per heavy atom. The van der Waals surface area contributed by atoms with E-state index in [1.807, 2.05) is 25.1 Å². The first-order valence-corrected chi connectivity index (χ1v) is 7.29. The van der Waals surface area contributed by atoms with Crippen molar-refractivity contribution in [1.29, 1.82) is 0 Å². The fraction of sp³-hybridized carbons (Fsp3) is 0.562. The third kappa shape index (κ3) is 8.32. The Hall–Kier alpha value is -1.59. The smallest absolute Gasteiger partial charge is 0.188 e. The van der Waals surface area contributed by atoms with Crippen LogP contribution in [0, 0.1) is 5.92 Å². The molecule has 0 saturated carbocycles. The maximum atomic E-state index is 5.82. The summed E-state index contributed by atoms with van der Waals surface area (Å²) in [5.74, 6) is 0.779. The van der Waals surface area contributed by atoms with Gasteiger partial charge in [-0.2, -0.15) is 0 Å². The number of hydrogen-bond acceptors (Lipinski definition) is 3. The first-order chi connectivity index (χ1) is 10.1. The van der Waals surface area contributed by atoms with Crippen LogP contribution < -0.4 is 11.1 Å². The standard InChI is InChI=1S/C16H27N3O2/c1-13(9-18-16(17)19-14(2)11-20-3)10-21-12-15-7-5-4-6-8-15/h4-8,13-14H,9-12H2,1-3H3,(H3,17,18,19). The molecule has 0 radical (unpaired) electrons. The van der Waals surface area contributed by atoms with Gasteiger partial charge in [-0.15, -0.1) is 0 Å². The van der Waals surface area contributed by atoms with Gasteiger partial charge in [0.25, 0.3) is 0 Å². The van der Waals surface area contributed by atoms with Gasteiger partial charge in [0.15, 0.2) is 5.96 Å². The molecule has 5 nitrogen and oxygen atoms in total. The molecule has 21 heavy (non-hydrogen) atoms. The SMILES string of the molecule is COCC(C)NC(N)=NCC(C)COCc1ccccc1. The summed E-state index contributed by atoms with van der Waals surface area (Å²) in [5, 5.41) is 3.08. The highest BCUT2D eigenvalue weighted by Gasteiger charge is 2.04. The Labute approximate surface area is 127 Å². The van der Waals surface area contributed by atoms with Crippen LogP contribution >= 0.6 is 0 Å². The van der Waals surface area contributed by atoms with E-state index in [-0.39, 0.29) is 6.04 Å². The molecule has 118 valence electrons. The zero-order valence-electron chi connectivity index (χ0n) is 13.2. The summed E-state index contributed by atoms with van der Waals surface area (Å²) >= 11 is 0. The number of benzene rings is 1. The number of nitrogens with one attached hydrogen (secondary N) is 1. The fourth-order valence-corrected chi connectivity index (χ4v) is 1.85. The number of guanidine groups is 1. The largest absolute Gasteiger partial charge is 0.383 e. The molecular formula is C16H27N3O2. The Balaban J connectivity index is 2.19. The number of hydrogen-bond donors (Lipinski definition) is 2. The van der Waals surface area contributed by atoms with Crippen LogP contribution in [0.5, 0.6) is 0 Å². The predicted molar refractivity (Wildman–Crippen MR) is 86.2 cm³/mol. The minimum atomic E-state index is 0.156. The van der Waals surface area contributed by atoms with Crippen LogP contribution in [-0.2, 0) is 16.1 Å².